The summed E-state index contributed by atoms with van der Waals surface area (Å²) in [4.78, 5) is 33.4. The number of alkyl halides is 8. The van der Waals surface area contributed by atoms with Gasteiger partial charge in [0.2, 0.25) is 17.7 Å². The molecule has 17 heteroatoms. The number of nitrogens with zero attached hydrogens (tertiary/aromatic N) is 3. The molecule has 3 N–H and O–H groups in total. The van der Waals surface area contributed by atoms with Crippen LogP contribution in [0.5, 0.6) is 5.88 Å². The number of aliphatic hydroxyl groups is 1. The molecule has 264 valence electrons. The van der Waals surface area contributed by atoms with Gasteiger partial charge in [-0.25, -0.2) is 13.8 Å². The van der Waals surface area contributed by atoms with Gasteiger partial charge in [-0.15, -0.1) is 0 Å². The number of nitrogens with one attached hydrogen (secondary N) is 2. The Labute approximate surface area is 270 Å². The zero-order valence-corrected chi connectivity index (χ0v) is 26.0. The Morgan fingerprint density at radius 1 is 1.06 bits per heavy atom. The number of fused-ring (bicyclic) bond motifs is 1. The van der Waals surface area contributed by atoms with Crippen LogP contribution in [0, 0.1) is 11.8 Å². The molecule has 4 rings (SSSR count). The van der Waals surface area contributed by atoms with Crippen molar-refractivity contribution in [2.45, 2.75) is 83.3 Å². The SMILES string of the molecule is CC(O)C(=O)NCc1ccc(C(F)(F)F)c(Nc2nc3cc(C(=O)CCCC4CCC(C(F)(F)F)CC4)c(OCC(F)F)nc3n2C)c1. The van der Waals surface area contributed by atoms with Crippen molar-refractivity contribution < 1.29 is 54.6 Å². The summed E-state index contributed by atoms with van der Waals surface area (Å²) in [6, 6.07) is 4.35. The molecule has 0 aliphatic heterocycles. The topological polar surface area (TPSA) is 118 Å². The quantitative estimate of drug-likeness (QED) is 0.129. The van der Waals surface area contributed by atoms with E-state index in [1.165, 1.54) is 24.6 Å². The van der Waals surface area contributed by atoms with Crippen LogP contribution in [0.25, 0.3) is 11.2 Å². The third-order valence-electron chi connectivity index (χ3n) is 8.26. The molecule has 0 radical (unpaired) electrons. The van der Waals surface area contributed by atoms with Crippen LogP contribution in [0.2, 0.25) is 0 Å². The van der Waals surface area contributed by atoms with E-state index in [1.807, 2.05) is 0 Å². The Hall–Kier alpha value is -4.02. The average Bonchev–Trinajstić information content (AvgIpc) is 3.30. The highest BCUT2D eigenvalue weighted by molar-refractivity contribution is 6.00. The number of halogens is 8. The van der Waals surface area contributed by atoms with Gasteiger partial charge in [0.25, 0.3) is 6.43 Å². The third-order valence-corrected chi connectivity index (χ3v) is 8.26. The summed E-state index contributed by atoms with van der Waals surface area (Å²) in [6.45, 7) is -0.0448. The number of benzene rings is 1. The van der Waals surface area contributed by atoms with Gasteiger partial charge < -0.3 is 20.5 Å². The van der Waals surface area contributed by atoms with Crippen LogP contribution in [0.15, 0.2) is 24.3 Å². The molecule has 2 heterocycles. The molecule has 0 bridgehead atoms. The minimum atomic E-state index is -4.79. The van der Waals surface area contributed by atoms with Crippen LogP contribution in [-0.2, 0) is 24.6 Å². The van der Waals surface area contributed by atoms with Gasteiger partial charge in [-0.1, -0.05) is 12.5 Å². The van der Waals surface area contributed by atoms with E-state index in [-0.39, 0.29) is 60.0 Å². The number of hydrogen-bond acceptors (Lipinski definition) is 7. The van der Waals surface area contributed by atoms with Crippen molar-refractivity contribution in [2.24, 2.45) is 18.9 Å². The number of carbonyl (C=O) groups excluding carboxylic acids is 2. The maximum Gasteiger partial charge on any atom is 0.418 e. The minimum absolute atomic E-state index is 0.00801. The number of aryl methyl sites for hydroxylation is 1. The van der Waals surface area contributed by atoms with Gasteiger partial charge in [0.1, 0.15) is 11.6 Å². The fraction of sp³-hybridized carbons (Fsp3) is 0.548. The Morgan fingerprint density at radius 2 is 1.75 bits per heavy atom. The van der Waals surface area contributed by atoms with Crippen LogP contribution in [0.1, 0.15) is 73.4 Å². The molecular formula is C31H35F8N5O4. The average molecular weight is 694 g/mol. The monoisotopic (exact) mass is 693 g/mol. The maximum absolute atomic E-state index is 13.9. The molecule has 1 aliphatic rings. The van der Waals surface area contributed by atoms with Gasteiger partial charge in [-0.2, -0.15) is 31.3 Å². The fourth-order valence-corrected chi connectivity index (χ4v) is 5.63. The number of carbonyl (C=O) groups is 2. The zero-order chi connectivity index (χ0) is 35.4. The van der Waals surface area contributed by atoms with E-state index in [0.717, 1.165) is 18.2 Å². The Morgan fingerprint density at radius 3 is 2.35 bits per heavy atom. The number of hydrogen-bond donors (Lipinski definition) is 3. The van der Waals surface area contributed by atoms with Crippen molar-refractivity contribution in [1.82, 2.24) is 19.9 Å². The number of anilines is 2. The highest BCUT2D eigenvalue weighted by Gasteiger charge is 2.41. The maximum atomic E-state index is 13.9. The Balaban J connectivity index is 1.56. The zero-order valence-electron chi connectivity index (χ0n) is 26.0. The first-order valence-electron chi connectivity index (χ1n) is 15.2. The second-order valence-corrected chi connectivity index (χ2v) is 11.9. The van der Waals surface area contributed by atoms with E-state index >= 15 is 0 Å². The van der Waals surface area contributed by atoms with Gasteiger partial charge in [0.15, 0.2) is 18.0 Å². The molecule has 1 saturated carbocycles. The van der Waals surface area contributed by atoms with Crippen LogP contribution >= 0.6 is 0 Å². The Kier molecular flexibility index (Phi) is 11.5. The van der Waals surface area contributed by atoms with E-state index in [4.69, 9.17) is 4.74 Å². The van der Waals surface area contributed by atoms with Gasteiger partial charge in [0.05, 0.1) is 22.7 Å². The van der Waals surface area contributed by atoms with Gasteiger partial charge in [-0.05, 0) is 68.7 Å². The first-order valence-corrected chi connectivity index (χ1v) is 15.2. The molecule has 48 heavy (non-hydrogen) atoms. The number of ketones is 1. The summed E-state index contributed by atoms with van der Waals surface area (Å²) < 4.78 is 113. The number of ether oxygens (including phenoxy) is 1. The molecule has 1 amide bonds. The lowest BCUT2D eigenvalue weighted by Gasteiger charge is -2.29. The van der Waals surface area contributed by atoms with E-state index in [0.29, 0.717) is 25.7 Å². The van der Waals surface area contributed by atoms with Crippen LogP contribution in [0.4, 0.5) is 46.8 Å². The van der Waals surface area contributed by atoms with E-state index in [2.05, 4.69) is 20.6 Å². The largest absolute Gasteiger partial charge is 0.471 e. The predicted octanol–water partition coefficient (Wildman–Crippen LogP) is 7.09. The van der Waals surface area contributed by atoms with Crippen LogP contribution < -0.4 is 15.4 Å². The van der Waals surface area contributed by atoms with Gasteiger partial charge >= 0.3 is 12.4 Å². The summed E-state index contributed by atoms with van der Waals surface area (Å²) in [5.74, 6) is -3.12. The van der Waals surface area contributed by atoms with Crippen LogP contribution in [-0.4, -0.2) is 56.6 Å². The van der Waals surface area contributed by atoms with Crippen molar-refractivity contribution in [1.29, 1.82) is 0 Å². The standard InChI is InChI=1S/C31H35F8N5O4/c1-16(45)27(47)40-14-18-8-11-21(31(37,38)39)22(12-18)41-29-42-23-13-20(28(48-15-25(32)33)43-26(23)44(29)2)24(46)5-3-4-17-6-9-19(10-7-17)30(34,35)36/h8,11-13,16-17,19,25,45H,3-7,9-10,14-15H2,1-2H3,(H,40,47)(H,41,42). The number of aliphatic hydroxyl groups excluding tert-OH is 1. The van der Waals surface area contributed by atoms with Gasteiger partial charge in [0, 0.05) is 20.0 Å². The van der Waals surface area contributed by atoms with Gasteiger partial charge in [-0.3, -0.25) is 14.2 Å². The Bertz CT molecular complexity index is 1600. The second-order valence-electron chi connectivity index (χ2n) is 11.9. The summed E-state index contributed by atoms with van der Waals surface area (Å²) in [6.07, 6.45) is -11.7. The minimum Gasteiger partial charge on any atom is -0.471 e. The lowest BCUT2D eigenvalue weighted by atomic mass is 9.79. The lowest BCUT2D eigenvalue weighted by Crippen LogP contribution is -2.32. The smallest absolute Gasteiger partial charge is 0.418 e. The second kappa shape index (κ2) is 15.0. The number of amides is 1. The summed E-state index contributed by atoms with van der Waals surface area (Å²) in [5.41, 5.74) is -1.34. The first-order chi connectivity index (χ1) is 22.4. The van der Waals surface area contributed by atoms with Crippen molar-refractivity contribution in [3.8, 4) is 5.88 Å². The molecule has 1 atom stereocenters. The van der Waals surface area contributed by atoms with Crippen LogP contribution in [0.3, 0.4) is 0 Å². The van der Waals surface area contributed by atoms with Crippen molar-refractivity contribution in [3.05, 3.63) is 41.0 Å². The van der Waals surface area contributed by atoms with Crippen molar-refractivity contribution in [3.63, 3.8) is 0 Å². The summed E-state index contributed by atoms with van der Waals surface area (Å²) in [5, 5.41) is 14.4. The molecule has 3 aromatic rings. The van der Waals surface area contributed by atoms with Crippen molar-refractivity contribution in [2.75, 3.05) is 11.9 Å². The predicted molar refractivity (Wildman–Crippen MR) is 158 cm³/mol. The molecule has 1 fully saturated rings. The highest BCUT2D eigenvalue weighted by atomic mass is 19.4. The molecule has 0 saturated heterocycles. The highest BCUT2D eigenvalue weighted by Crippen LogP contribution is 2.41. The molecule has 0 spiro atoms. The normalized spacial score (nSPS) is 17.8. The number of rotatable bonds is 13. The molecule has 1 unspecified atom stereocenters. The molecular weight excluding hydrogens is 658 g/mol. The third kappa shape index (κ3) is 9.32. The van der Waals surface area contributed by atoms with E-state index in [9.17, 15) is 49.8 Å². The number of pyridine rings is 1. The van der Waals surface area contributed by atoms with E-state index < -0.39 is 66.2 Å². The molecule has 2 aromatic heterocycles. The fourth-order valence-electron chi connectivity index (χ4n) is 5.63. The molecule has 9 nitrogen and oxygen atoms in total. The van der Waals surface area contributed by atoms with Crippen molar-refractivity contribution >= 4 is 34.5 Å². The van der Waals surface area contributed by atoms with E-state index in [1.54, 1.807) is 0 Å². The summed E-state index contributed by atoms with van der Waals surface area (Å²) >= 11 is 0. The lowest BCUT2D eigenvalue weighted by molar-refractivity contribution is -0.184. The number of Topliss-reactive ketones (excluding diaryl/α,β-unsaturated/α-hetero) is 1. The first kappa shape index (κ1) is 36.8. The number of aromatic nitrogens is 3. The summed E-state index contributed by atoms with van der Waals surface area (Å²) in [7, 11) is 1.40. The number of imidazole rings is 1. The molecule has 1 aliphatic carbocycles. The molecule has 1 aromatic carbocycles.